The van der Waals surface area contributed by atoms with E-state index in [0.29, 0.717) is 0 Å². The number of carbonyl (C=O) groups is 2. The van der Waals surface area contributed by atoms with Gasteiger partial charge in [-0.2, -0.15) is 0 Å². The molecule has 0 bridgehead atoms. The number of carboxylic acid groups (broad SMARTS) is 2. The number of hydrogen-bond acceptors (Lipinski definition) is 4. The van der Waals surface area contributed by atoms with Crippen LogP contribution >= 0.6 is 11.6 Å². The molecule has 0 aromatic heterocycles. The SMILES string of the molecule is CC1C(C(=O)O)=C(S(C)(=O)=O)C=CC1(Cl)C(=O)O. The normalized spacial score (nSPS) is 28.3. The minimum Gasteiger partial charge on any atom is -0.480 e. The molecule has 8 heteroatoms. The number of sulfone groups is 1. The Morgan fingerprint density at radius 1 is 1.39 bits per heavy atom. The number of carboxylic acids is 2. The molecule has 2 N–H and O–H groups in total. The van der Waals surface area contributed by atoms with Crippen LogP contribution < -0.4 is 0 Å². The maximum absolute atomic E-state index is 11.5. The number of hydrogen-bond donors (Lipinski definition) is 2. The summed E-state index contributed by atoms with van der Waals surface area (Å²) in [5, 5.41) is 18.1. The van der Waals surface area contributed by atoms with Gasteiger partial charge in [0.1, 0.15) is 0 Å². The summed E-state index contributed by atoms with van der Waals surface area (Å²) >= 11 is 5.84. The summed E-state index contributed by atoms with van der Waals surface area (Å²) in [7, 11) is -3.77. The summed E-state index contributed by atoms with van der Waals surface area (Å²) < 4.78 is 22.9. The first kappa shape index (κ1) is 14.7. The van der Waals surface area contributed by atoms with E-state index in [1.807, 2.05) is 0 Å². The van der Waals surface area contributed by atoms with Crippen molar-refractivity contribution in [1.82, 2.24) is 0 Å². The van der Waals surface area contributed by atoms with E-state index in [-0.39, 0.29) is 0 Å². The maximum Gasteiger partial charge on any atom is 0.333 e. The highest BCUT2D eigenvalue weighted by atomic mass is 35.5. The number of allylic oxidation sites excluding steroid dienone is 1. The van der Waals surface area contributed by atoms with Gasteiger partial charge >= 0.3 is 11.9 Å². The Morgan fingerprint density at radius 2 is 1.89 bits per heavy atom. The summed E-state index contributed by atoms with van der Waals surface area (Å²) in [6.45, 7) is 1.26. The Morgan fingerprint density at radius 3 is 2.22 bits per heavy atom. The van der Waals surface area contributed by atoms with Crippen LogP contribution in [0.1, 0.15) is 6.92 Å². The predicted octanol–water partition coefficient (Wildman–Crippen LogP) is 0.638. The van der Waals surface area contributed by atoms with Gasteiger partial charge in [0, 0.05) is 12.2 Å². The average Bonchev–Trinajstić information content (AvgIpc) is 2.19. The van der Waals surface area contributed by atoms with Gasteiger partial charge in [0.25, 0.3) is 0 Å². The zero-order chi connectivity index (χ0) is 14.3. The molecule has 1 rings (SSSR count). The zero-order valence-corrected chi connectivity index (χ0v) is 11.1. The van der Waals surface area contributed by atoms with Gasteiger partial charge in [-0.05, 0) is 6.08 Å². The fraction of sp³-hybridized carbons (Fsp3) is 0.400. The summed E-state index contributed by atoms with van der Waals surface area (Å²) in [4.78, 5) is 19.8. The topological polar surface area (TPSA) is 109 Å². The standard InChI is InChI=1S/C10H11ClO6S/c1-5-7(8(12)13)6(18(2,16)17)3-4-10(5,11)9(14)15/h3-5H,1-2H3,(H,12,13)(H,14,15). The van der Waals surface area contributed by atoms with Crippen molar-refractivity contribution in [2.45, 2.75) is 11.8 Å². The first-order valence-corrected chi connectivity index (χ1v) is 7.07. The lowest BCUT2D eigenvalue weighted by atomic mass is 9.82. The smallest absolute Gasteiger partial charge is 0.333 e. The molecule has 0 fully saturated rings. The van der Waals surface area contributed by atoms with Crippen molar-refractivity contribution in [3.63, 3.8) is 0 Å². The highest BCUT2D eigenvalue weighted by Gasteiger charge is 2.47. The highest BCUT2D eigenvalue weighted by molar-refractivity contribution is 7.94. The van der Waals surface area contributed by atoms with Gasteiger partial charge < -0.3 is 10.2 Å². The van der Waals surface area contributed by atoms with Crippen molar-refractivity contribution >= 4 is 33.4 Å². The lowest BCUT2D eigenvalue weighted by Crippen LogP contribution is -2.42. The molecular formula is C10H11ClO6S. The monoisotopic (exact) mass is 294 g/mol. The van der Waals surface area contributed by atoms with E-state index < -0.39 is 43.0 Å². The van der Waals surface area contributed by atoms with Crippen LogP contribution in [-0.2, 0) is 19.4 Å². The Bertz CT molecular complexity index is 573. The van der Waals surface area contributed by atoms with Gasteiger partial charge in [-0.3, -0.25) is 0 Å². The summed E-state index contributed by atoms with van der Waals surface area (Å²) in [6, 6.07) is 0. The fourth-order valence-corrected chi connectivity index (χ4v) is 2.88. The van der Waals surface area contributed by atoms with E-state index in [0.717, 1.165) is 18.4 Å². The third-order valence-corrected chi connectivity index (χ3v) is 4.53. The van der Waals surface area contributed by atoms with Gasteiger partial charge in [0.2, 0.25) is 0 Å². The number of halogens is 1. The largest absolute Gasteiger partial charge is 0.480 e. The Hall–Kier alpha value is -1.34. The van der Waals surface area contributed by atoms with Crippen LogP contribution in [0.5, 0.6) is 0 Å². The van der Waals surface area contributed by atoms with Crippen molar-refractivity contribution in [2.24, 2.45) is 5.92 Å². The Balaban J connectivity index is 3.56. The molecule has 18 heavy (non-hydrogen) atoms. The van der Waals surface area contributed by atoms with Crippen molar-refractivity contribution in [3.05, 3.63) is 22.6 Å². The van der Waals surface area contributed by atoms with Crippen LogP contribution in [0.2, 0.25) is 0 Å². The van der Waals surface area contributed by atoms with Crippen molar-refractivity contribution < 1.29 is 28.2 Å². The first-order chi connectivity index (χ1) is 8.01. The highest BCUT2D eigenvalue weighted by Crippen LogP contribution is 2.39. The lowest BCUT2D eigenvalue weighted by molar-refractivity contribution is -0.140. The molecule has 0 saturated carbocycles. The van der Waals surface area contributed by atoms with Crippen molar-refractivity contribution in [2.75, 3.05) is 6.26 Å². The summed E-state index contributed by atoms with van der Waals surface area (Å²) in [6.07, 6.45) is 2.77. The van der Waals surface area contributed by atoms with Crippen molar-refractivity contribution in [3.8, 4) is 0 Å². The predicted molar refractivity (Wildman–Crippen MR) is 64.0 cm³/mol. The molecule has 0 spiro atoms. The third-order valence-electron chi connectivity index (χ3n) is 2.76. The molecule has 0 saturated heterocycles. The molecule has 0 aliphatic heterocycles. The molecule has 100 valence electrons. The van der Waals surface area contributed by atoms with Gasteiger partial charge in [0.15, 0.2) is 14.7 Å². The first-order valence-electron chi connectivity index (χ1n) is 4.81. The van der Waals surface area contributed by atoms with Gasteiger partial charge in [-0.1, -0.05) is 13.0 Å². The average molecular weight is 295 g/mol. The zero-order valence-electron chi connectivity index (χ0n) is 9.55. The van der Waals surface area contributed by atoms with Crippen LogP contribution in [0, 0.1) is 5.92 Å². The molecule has 1 aliphatic rings. The maximum atomic E-state index is 11.5. The van der Waals surface area contributed by atoms with Gasteiger partial charge in [-0.15, -0.1) is 11.6 Å². The lowest BCUT2D eigenvalue weighted by Gasteiger charge is -2.30. The van der Waals surface area contributed by atoms with E-state index in [1.165, 1.54) is 6.92 Å². The van der Waals surface area contributed by atoms with Crippen molar-refractivity contribution in [1.29, 1.82) is 0 Å². The molecule has 0 aromatic rings. The van der Waals surface area contributed by atoms with Crippen LogP contribution in [0.4, 0.5) is 0 Å². The molecule has 0 heterocycles. The molecular weight excluding hydrogens is 284 g/mol. The summed E-state index contributed by atoms with van der Waals surface area (Å²) in [5.41, 5.74) is -0.516. The fourth-order valence-electron chi connectivity index (χ4n) is 1.72. The van der Waals surface area contributed by atoms with E-state index >= 15 is 0 Å². The van der Waals surface area contributed by atoms with Gasteiger partial charge in [0.05, 0.1) is 10.5 Å². The van der Waals surface area contributed by atoms with Crippen LogP contribution in [-0.4, -0.2) is 41.7 Å². The van der Waals surface area contributed by atoms with Crippen LogP contribution in [0.3, 0.4) is 0 Å². The van der Waals surface area contributed by atoms with Crippen LogP contribution in [0.15, 0.2) is 22.6 Å². The molecule has 2 unspecified atom stereocenters. The third kappa shape index (κ3) is 2.28. The van der Waals surface area contributed by atoms with Gasteiger partial charge in [-0.25, -0.2) is 18.0 Å². The Kier molecular flexibility index (Phi) is 3.60. The second-order valence-corrected chi connectivity index (χ2v) is 6.59. The van der Waals surface area contributed by atoms with E-state index in [2.05, 4.69) is 0 Å². The molecule has 0 amide bonds. The minimum absolute atomic E-state index is 0.417. The quantitative estimate of drug-likeness (QED) is 0.739. The summed E-state index contributed by atoms with van der Waals surface area (Å²) in [5.74, 6) is -4.11. The number of alkyl halides is 1. The van der Waals surface area contributed by atoms with E-state index in [1.54, 1.807) is 0 Å². The Labute approximate surface area is 108 Å². The number of aliphatic carboxylic acids is 2. The van der Waals surface area contributed by atoms with E-state index in [4.69, 9.17) is 21.8 Å². The van der Waals surface area contributed by atoms with E-state index in [9.17, 15) is 18.0 Å². The molecule has 6 nitrogen and oxygen atoms in total. The second kappa shape index (κ2) is 4.40. The molecule has 0 radical (unpaired) electrons. The molecule has 0 aromatic carbocycles. The second-order valence-electron chi connectivity index (χ2n) is 3.98. The number of rotatable bonds is 3. The minimum atomic E-state index is -3.77. The molecule has 2 atom stereocenters. The molecule has 1 aliphatic carbocycles. The van der Waals surface area contributed by atoms with Crippen LogP contribution in [0.25, 0.3) is 0 Å².